The van der Waals surface area contributed by atoms with Gasteiger partial charge in [0.05, 0.1) is 0 Å². The summed E-state index contributed by atoms with van der Waals surface area (Å²) in [7, 11) is 0. The molecule has 0 spiro atoms. The third-order valence-corrected chi connectivity index (χ3v) is 4.44. The Balaban J connectivity index is 2.61. The van der Waals surface area contributed by atoms with E-state index in [2.05, 4.69) is 56.8 Å². The van der Waals surface area contributed by atoms with Gasteiger partial charge in [-0.1, -0.05) is 44.9 Å². The lowest BCUT2D eigenvalue weighted by Crippen LogP contribution is -1.86. The summed E-state index contributed by atoms with van der Waals surface area (Å²) in [6.45, 7) is 6.74. The zero-order valence-electron chi connectivity index (χ0n) is 13.2. The highest BCUT2D eigenvalue weighted by Gasteiger charge is 1.98. The van der Waals surface area contributed by atoms with Crippen LogP contribution in [0.3, 0.4) is 0 Å². The highest BCUT2D eigenvalue weighted by molar-refractivity contribution is 7.99. The minimum Gasteiger partial charge on any atom is -0.122 e. The first-order valence-electron chi connectivity index (χ1n) is 7.88. The summed E-state index contributed by atoms with van der Waals surface area (Å²) in [6.07, 6.45) is 7.59. The van der Waals surface area contributed by atoms with Crippen molar-refractivity contribution in [2.45, 2.75) is 64.2 Å². The lowest BCUT2D eigenvalue weighted by Gasteiger charge is -2.04. The molecule has 0 atom stereocenters. The Morgan fingerprint density at radius 1 is 1.00 bits per heavy atom. The van der Waals surface area contributed by atoms with Gasteiger partial charge in [-0.05, 0) is 55.9 Å². The van der Waals surface area contributed by atoms with E-state index in [-0.39, 0.29) is 0 Å². The number of thioether (sulfide) groups is 1. The van der Waals surface area contributed by atoms with Gasteiger partial charge in [-0.25, -0.2) is 0 Å². The molecule has 0 aromatic heterocycles. The van der Waals surface area contributed by atoms with E-state index < -0.39 is 0 Å². The van der Waals surface area contributed by atoms with Crippen molar-refractivity contribution < 1.29 is 0 Å². The van der Waals surface area contributed by atoms with Crippen molar-refractivity contribution in [1.82, 2.24) is 0 Å². The van der Waals surface area contributed by atoms with E-state index in [9.17, 15) is 0 Å². The Hall–Kier alpha value is -0.910. The lowest BCUT2D eigenvalue weighted by atomic mass is 10.0. The molecule has 1 heteroatoms. The van der Waals surface area contributed by atoms with Crippen molar-refractivity contribution in [3.63, 3.8) is 0 Å². The average Bonchev–Trinajstić information content (AvgIpc) is 2.49. The maximum atomic E-state index is 3.67. The Bertz CT molecular complexity index is 414. The fraction of sp³-hybridized carbons (Fsp3) is 0.526. The summed E-state index contributed by atoms with van der Waals surface area (Å²) in [6, 6.07) is 10.6. The highest BCUT2D eigenvalue weighted by atomic mass is 32.2. The van der Waals surface area contributed by atoms with Crippen molar-refractivity contribution in [3.05, 3.63) is 47.2 Å². The third-order valence-electron chi connectivity index (χ3n) is 3.25. The highest BCUT2D eigenvalue weighted by Crippen LogP contribution is 2.20. The van der Waals surface area contributed by atoms with Crippen LogP contribution in [0.1, 0.15) is 59.3 Å². The summed E-state index contributed by atoms with van der Waals surface area (Å²) in [5.41, 5.74) is 6.57. The summed E-state index contributed by atoms with van der Waals surface area (Å²) >= 11 is 1.91. The second-order valence-corrected chi connectivity index (χ2v) is 6.37. The van der Waals surface area contributed by atoms with Gasteiger partial charge < -0.3 is 0 Å². The van der Waals surface area contributed by atoms with Crippen LogP contribution in [0.25, 0.3) is 0 Å². The molecule has 0 saturated heterocycles. The molecule has 0 N–H and O–H groups in total. The van der Waals surface area contributed by atoms with Gasteiger partial charge in [0, 0.05) is 10.6 Å². The van der Waals surface area contributed by atoms with E-state index >= 15 is 0 Å². The van der Waals surface area contributed by atoms with Gasteiger partial charge >= 0.3 is 0 Å². The lowest BCUT2D eigenvalue weighted by molar-refractivity contribution is 0.713. The molecule has 0 bridgehead atoms. The van der Waals surface area contributed by atoms with Crippen LogP contribution in [0.15, 0.2) is 52.1 Å². The zero-order valence-corrected chi connectivity index (χ0v) is 14.1. The number of hydrogen-bond donors (Lipinski definition) is 0. The van der Waals surface area contributed by atoms with Crippen LogP contribution in [0.4, 0.5) is 0 Å². The van der Waals surface area contributed by atoms with Crippen LogP contribution in [-0.4, -0.2) is 5.75 Å². The van der Waals surface area contributed by atoms with Crippen molar-refractivity contribution in [2.24, 2.45) is 0 Å². The van der Waals surface area contributed by atoms with Crippen LogP contribution in [0.2, 0.25) is 0 Å². The summed E-state index contributed by atoms with van der Waals surface area (Å²) in [4.78, 5) is 1.34. The Labute approximate surface area is 129 Å². The van der Waals surface area contributed by atoms with Crippen LogP contribution < -0.4 is 0 Å². The van der Waals surface area contributed by atoms with Gasteiger partial charge in [0.15, 0.2) is 0 Å². The Kier molecular flexibility index (Phi) is 9.28. The molecule has 0 heterocycles. The maximum Gasteiger partial charge on any atom is 0.0263 e. The van der Waals surface area contributed by atoms with E-state index in [0.717, 1.165) is 5.75 Å². The predicted octanol–water partition coefficient (Wildman–Crippen LogP) is 6.63. The quantitative estimate of drug-likeness (QED) is 0.363. The topological polar surface area (TPSA) is 0 Å². The molecule has 0 saturated carbocycles. The van der Waals surface area contributed by atoms with E-state index in [4.69, 9.17) is 0 Å². The van der Waals surface area contributed by atoms with Crippen molar-refractivity contribution in [1.29, 1.82) is 0 Å². The standard InChI is InChI=1S/C19H28S/c1-4-6-11-18(12-7-5-2)15-17(3)16-20-19-13-9-8-10-14-19/h8-10,13-14H,4-7,11-12,16H2,1-3H3. The van der Waals surface area contributed by atoms with E-state index in [1.165, 1.54) is 54.6 Å². The second-order valence-electron chi connectivity index (χ2n) is 5.32. The van der Waals surface area contributed by atoms with Gasteiger partial charge in [0.1, 0.15) is 0 Å². The molecule has 0 aliphatic rings. The van der Waals surface area contributed by atoms with Gasteiger partial charge in [-0.15, -0.1) is 17.5 Å². The van der Waals surface area contributed by atoms with E-state index in [0.29, 0.717) is 0 Å². The maximum absolute atomic E-state index is 3.67. The summed E-state index contributed by atoms with van der Waals surface area (Å²) in [5.74, 6) is 1.05. The molecule has 0 aliphatic carbocycles. The van der Waals surface area contributed by atoms with Gasteiger partial charge in [0.2, 0.25) is 0 Å². The molecule has 0 unspecified atom stereocenters. The first kappa shape index (κ1) is 17.1. The van der Waals surface area contributed by atoms with E-state index in [1.54, 1.807) is 0 Å². The largest absolute Gasteiger partial charge is 0.122 e. The molecule has 1 rings (SSSR count). The molecule has 0 aliphatic heterocycles. The molecule has 1 aromatic carbocycles. The van der Waals surface area contributed by atoms with Crippen LogP contribution in [-0.2, 0) is 0 Å². The molecule has 0 nitrogen and oxygen atoms in total. The smallest absolute Gasteiger partial charge is 0.0263 e. The monoisotopic (exact) mass is 288 g/mol. The van der Waals surface area contributed by atoms with Crippen LogP contribution >= 0.6 is 11.8 Å². The zero-order chi connectivity index (χ0) is 14.6. The first-order chi connectivity index (χ1) is 9.76. The third kappa shape index (κ3) is 7.62. The van der Waals surface area contributed by atoms with Crippen molar-refractivity contribution >= 4 is 11.8 Å². The van der Waals surface area contributed by atoms with E-state index in [1.807, 2.05) is 11.8 Å². The normalized spacial score (nSPS) is 10.2. The molecule has 0 radical (unpaired) electrons. The van der Waals surface area contributed by atoms with Gasteiger partial charge in [-0.3, -0.25) is 0 Å². The number of hydrogen-bond acceptors (Lipinski definition) is 1. The number of rotatable bonds is 9. The minimum absolute atomic E-state index is 1.05. The predicted molar refractivity (Wildman–Crippen MR) is 92.4 cm³/mol. The van der Waals surface area contributed by atoms with Crippen molar-refractivity contribution in [3.8, 4) is 0 Å². The average molecular weight is 289 g/mol. The summed E-state index contributed by atoms with van der Waals surface area (Å²) < 4.78 is 0. The molecule has 110 valence electrons. The van der Waals surface area contributed by atoms with Gasteiger partial charge in [-0.2, -0.15) is 0 Å². The minimum atomic E-state index is 1.05. The second kappa shape index (κ2) is 10.8. The van der Waals surface area contributed by atoms with Crippen LogP contribution in [0.5, 0.6) is 0 Å². The van der Waals surface area contributed by atoms with Crippen LogP contribution in [0, 0.1) is 0 Å². The van der Waals surface area contributed by atoms with Gasteiger partial charge in [0.25, 0.3) is 0 Å². The molecule has 0 amide bonds. The molecule has 0 fully saturated rings. The first-order valence-corrected chi connectivity index (χ1v) is 8.86. The fourth-order valence-corrected chi connectivity index (χ4v) is 2.88. The molecule has 1 aromatic rings. The van der Waals surface area contributed by atoms with Crippen molar-refractivity contribution in [2.75, 3.05) is 5.75 Å². The number of benzene rings is 1. The number of unbranched alkanes of at least 4 members (excludes halogenated alkanes) is 2. The summed E-state index contributed by atoms with van der Waals surface area (Å²) in [5, 5.41) is 0. The molecule has 20 heavy (non-hydrogen) atoms. The fourth-order valence-electron chi connectivity index (χ4n) is 2.08. The Morgan fingerprint density at radius 2 is 1.60 bits per heavy atom. The molecular formula is C19H28S. The molecular weight excluding hydrogens is 260 g/mol. The SMILES string of the molecule is CCCCC(=C=C(C)CSc1ccccc1)CCCC. The Morgan fingerprint density at radius 3 is 2.15 bits per heavy atom.